The molecule has 3 nitrogen and oxygen atoms in total. The third kappa shape index (κ3) is 3.22. The summed E-state index contributed by atoms with van der Waals surface area (Å²) in [7, 11) is 1.68. The second-order valence-corrected chi connectivity index (χ2v) is 4.23. The van der Waals surface area contributed by atoms with Crippen molar-refractivity contribution in [2.24, 2.45) is 5.92 Å². The van der Waals surface area contributed by atoms with Crippen LogP contribution in [0.2, 0.25) is 0 Å². The molecule has 1 aliphatic heterocycles. The number of ether oxygens (including phenoxy) is 2. The van der Waals surface area contributed by atoms with Gasteiger partial charge in [0, 0.05) is 6.54 Å². The van der Waals surface area contributed by atoms with E-state index in [4.69, 9.17) is 9.47 Å². The van der Waals surface area contributed by atoms with E-state index in [1.165, 1.54) is 12.0 Å². The number of hydrogen-bond donors (Lipinski definition) is 1. The van der Waals surface area contributed by atoms with E-state index in [1.54, 1.807) is 7.11 Å². The van der Waals surface area contributed by atoms with Crippen molar-refractivity contribution in [1.82, 2.24) is 5.32 Å². The summed E-state index contributed by atoms with van der Waals surface area (Å²) in [6.45, 7) is 3.75. The maximum atomic E-state index is 5.71. The van der Waals surface area contributed by atoms with Crippen molar-refractivity contribution in [2.75, 3.05) is 26.8 Å². The minimum atomic E-state index is 0.674. The first kappa shape index (κ1) is 11.4. The summed E-state index contributed by atoms with van der Waals surface area (Å²) in [5.74, 6) is 1.58. The van der Waals surface area contributed by atoms with E-state index < -0.39 is 0 Å². The van der Waals surface area contributed by atoms with Crippen LogP contribution in [0, 0.1) is 5.92 Å². The van der Waals surface area contributed by atoms with E-state index in [-0.39, 0.29) is 0 Å². The molecule has 88 valence electrons. The Hall–Kier alpha value is -1.06. The van der Waals surface area contributed by atoms with Gasteiger partial charge in [-0.15, -0.1) is 0 Å². The Morgan fingerprint density at radius 3 is 3.12 bits per heavy atom. The van der Waals surface area contributed by atoms with Crippen LogP contribution in [0.5, 0.6) is 5.75 Å². The van der Waals surface area contributed by atoms with Gasteiger partial charge in [-0.1, -0.05) is 12.1 Å². The molecule has 0 aliphatic carbocycles. The van der Waals surface area contributed by atoms with E-state index in [0.29, 0.717) is 12.5 Å². The molecule has 0 radical (unpaired) electrons. The number of rotatable bonds is 5. The van der Waals surface area contributed by atoms with Gasteiger partial charge in [0.15, 0.2) is 0 Å². The van der Waals surface area contributed by atoms with Crippen molar-refractivity contribution >= 4 is 0 Å². The molecule has 1 aromatic carbocycles. The van der Waals surface area contributed by atoms with Crippen LogP contribution in [-0.2, 0) is 11.3 Å². The Balaban J connectivity index is 1.75. The van der Waals surface area contributed by atoms with Gasteiger partial charge in [-0.05, 0) is 36.6 Å². The molecule has 1 unspecified atom stereocenters. The summed E-state index contributed by atoms with van der Waals surface area (Å²) in [4.78, 5) is 0. The second-order valence-electron chi connectivity index (χ2n) is 4.23. The molecule has 1 atom stereocenters. The monoisotopic (exact) mass is 221 g/mol. The normalized spacial score (nSPS) is 19.9. The first-order valence-electron chi connectivity index (χ1n) is 5.80. The van der Waals surface area contributed by atoms with Crippen molar-refractivity contribution in [3.8, 4) is 5.75 Å². The van der Waals surface area contributed by atoms with Crippen molar-refractivity contribution in [3.63, 3.8) is 0 Å². The number of nitrogens with one attached hydrogen (secondary N) is 1. The average molecular weight is 221 g/mol. The maximum absolute atomic E-state index is 5.71. The highest BCUT2D eigenvalue weighted by atomic mass is 16.5. The molecule has 0 aromatic heterocycles. The maximum Gasteiger partial charge on any atom is 0.119 e. The number of methoxy groups -OCH3 is 1. The lowest BCUT2D eigenvalue weighted by atomic mass is 10.1. The lowest BCUT2D eigenvalue weighted by Crippen LogP contribution is -2.13. The standard InChI is InChI=1S/C13H19NO2/c1-15-13-4-2-3-11(7-13)9-16-10-12-5-6-14-8-12/h2-4,7,12,14H,5-6,8-10H2,1H3. The molecule has 0 spiro atoms. The quantitative estimate of drug-likeness (QED) is 0.822. The molecular formula is C13H19NO2. The summed E-state index contributed by atoms with van der Waals surface area (Å²) in [6.07, 6.45) is 1.23. The van der Waals surface area contributed by atoms with Crippen LogP contribution >= 0.6 is 0 Å². The summed E-state index contributed by atoms with van der Waals surface area (Å²) >= 11 is 0. The second kappa shape index (κ2) is 5.87. The Bertz CT molecular complexity index is 321. The molecule has 0 amide bonds. The van der Waals surface area contributed by atoms with Crippen molar-refractivity contribution in [2.45, 2.75) is 13.0 Å². The zero-order chi connectivity index (χ0) is 11.2. The average Bonchev–Trinajstić information content (AvgIpc) is 2.82. The SMILES string of the molecule is COc1cccc(COCC2CCNC2)c1. The fourth-order valence-electron chi connectivity index (χ4n) is 1.96. The first-order valence-corrected chi connectivity index (χ1v) is 5.80. The summed E-state index contributed by atoms with van der Waals surface area (Å²) in [5.41, 5.74) is 1.17. The molecule has 1 N–H and O–H groups in total. The van der Waals surface area contributed by atoms with Gasteiger partial charge in [0.2, 0.25) is 0 Å². The molecule has 1 heterocycles. The number of hydrogen-bond acceptors (Lipinski definition) is 3. The third-order valence-electron chi connectivity index (χ3n) is 2.92. The fourth-order valence-corrected chi connectivity index (χ4v) is 1.96. The molecule has 2 rings (SSSR count). The van der Waals surface area contributed by atoms with E-state index in [2.05, 4.69) is 11.4 Å². The van der Waals surface area contributed by atoms with Gasteiger partial charge in [-0.25, -0.2) is 0 Å². The predicted octanol–water partition coefficient (Wildman–Crippen LogP) is 1.82. The van der Waals surface area contributed by atoms with Gasteiger partial charge >= 0.3 is 0 Å². The molecule has 3 heteroatoms. The summed E-state index contributed by atoms with van der Waals surface area (Å²) in [5, 5.41) is 3.34. The molecule has 0 bridgehead atoms. The van der Waals surface area contributed by atoms with Crippen LogP contribution in [0.3, 0.4) is 0 Å². The summed E-state index contributed by atoms with van der Waals surface area (Å²) < 4.78 is 10.9. The van der Waals surface area contributed by atoms with E-state index in [1.807, 2.05) is 18.2 Å². The van der Waals surface area contributed by atoms with Crippen LogP contribution < -0.4 is 10.1 Å². The van der Waals surface area contributed by atoms with E-state index in [9.17, 15) is 0 Å². The van der Waals surface area contributed by atoms with Crippen LogP contribution in [0.1, 0.15) is 12.0 Å². The van der Waals surface area contributed by atoms with Gasteiger partial charge in [-0.2, -0.15) is 0 Å². The fraction of sp³-hybridized carbons (Fsp3) is 0.538. The van der Waals surface area contributed by atoms with E-state index >= 15 is 0 Å². The van der Waals surface area contributed by atoms with Gasteiger partial charge in [-0.3, -0.25) is 0 Å². The molecule has 1 aliphatic rings. The highest BCUT2D eigenvalue weighted by Gasteiger charge is 2.13. The van der Waals surface area contributed by atoms with Crippen molar-refractivity contribution in [1.29, 1.82) is 0 Å². The minimum Gasteiger partial charge on any atom is -0.497 e. The van der Waals surface area contributed by atoms with E-state index in [0.717, 1.165) is 25.4 Å². The minimum absolute atomic E-state index is 0.674. The number of benzene rings is 1. The topological polar surface area (TPSA) is 30.5 Å². The van der Waals surface area contributed by atoms with Gasteiger partial charge in [0.1, 0.15) is 5.75 Å². The Morgan fingerprint density at radius 1 is 1.44 bits per heavy atom. The Morgan fingerprint density at radius 2 is 2.38 bits per heavy atom. The highest BCUT2D eigenvalue weighted by molar-refractivity contribution is 5.27. The zero-order valence-electron chi connectivity index (χ0n) is 9.74. The Labute approximate surface area is 96.8 Å². The van der Waals surface area contributed by atoms with Gasteiger partial charge in [0.25, 0.3) is 0 Å². The van der Waals surface area contributed by atoms with Crippen molar-refractivity contribution in [3.05, 3.63) is 29.8 Å². The zero-order valence-corrected chi connectivity index (χ0v) is 9.74. The highest BCUT2D eigenvalue weighted by Crippen LogP contribution is 2.14. The van der Waals surface area contributed by atoms with Crippen LogP contribution in [0.4, 0.5) is 0 Å². The Kier molecular flexibility index (Phi) is 4.19. The van der Waals surface area contributed by atoms with Crippen molar-refractivity contribution < 1.29 is 9.47 Å². The molecule has 1 aromatic rings. The van der Waals surface area contributed by atoms with Crippen LogP contribution in [-0.4, -0.2) is 26.8 Å². The third-order valence-corrected chi connectivity index (χ3v) is 2.92. The first-order chi connectivity index (χ1) is 7.88. The lowest BCUT2D eigenvalue weighted by Gasteiger charge is -2.09. The van der Waals surface area contributed by atoms with Crippen LogP contribution in [0.25, 0.3) is 0 Å². The predicted molar refractivity (Wildman–Crippen MR) is 63.6 cm³/mol. The van der Waals surface area contributed by atoms with Gasteiger partial charge in [0.05, 0.1) is 20.3 Å². The largest absolute Gasteiger partial charge is 0.497 e. The molecule has 1 fully saturated rings. The lowest BCUT2D eigenvalue weighted by molar-refractivity contribution is 0.0923. The molecule has 1 saturated heterocycles. The molecule has 0 saturated carbocycles. The van der Waals surface area contributed by atoms with Crippen LogP contribution in [0.15, 0.2) is 24.3 Å². The molecule has 16 heavy (non-hydrogen) atoms. The summed E-state index contributed by atoms with van der Waals surface area (Å²) in [6, 6.07) is 8.03. The molecular weight excluding hydrogens is 202 g/mol. The smallest absolute Gasteiger partial charge is 0.119 e. The van der Waals surface area contributed by atoms with Gasteiger partial charge < -0.3 is 14.8 Å².